The Morgan fingerprint density at radius 1 is 1.57 bits per heavy atom. The van der Waals surface area contributed by atoms with Crippen molar-refractivity contribution in [1.29, 1.82) is 0 Å². The molecule has 0 aromatic heterocycles. The van der Waals surface area contributed by atoms with Crippen LogP contribution in [0.3, 0.4) is 0 Å². The molecule has 0 aromatic rings. The molecule has 0 aliphatic carbocycles. The summed E-state index contributed by atoms with van der Waals surface area (Å²) in [5.41, 5.74) is 0. The molecular weight excluding hydrogens is 290 g/mol. The van der Waals surface area contributed by atoms with E-state index < -0.39 is 0 Å². The molecule has 2 heterocycles. The zero-order valence-corrected chi connectivity index (χ0v) is 13.3. The Bertz CT molecular complexity index is 466. The average Bonchev–Trinajstić information content (AvgIpc) is 3.01. The maximum Gasteiger partial charge on any atom is 0.410 e. The first kappa shape index (κ1) is 15.9. The lowest BCUT2D eigenvalue weighted by molar-refractivity contribution is -0.109. The van der Waals surface area contributed by atoms with Crippen molar-refractivity contribution in [2.45, 2.75) is 24.6 Å². The smallest absolute Gasteiger partial charge is 0.410 e. The molecule has 2 unspecified atom stereocenters. The molecule has 21 heavy (non-hydrogen) atoms. The highest BCUT2D eigenvalue weighted by molar-refractivity contribution is 8.14. The van der Waals surface area contributed by atoms with E-state index in [0.29, 0.717) is 6.54 Å². The number of ether oxygens (including phenoxy) is 1. The maximum atomic E-state index is 12.2. The Hall–Kier alpha value is -1.50. The molecule has 0 spiro atoms. The van der Waals surface area contributed by atoms with Crippen LogP contribution in [0.4, 0.5) is 4.79 Å². The number of amidine groups is 1. The first-order valence-electron chi connectivity index (χ1n) is 7.00. The van der Waals surface area contributed by atoms with E-state index in [2.05, 4.69) is 16.5 Å². The highest BCUT2D eigenvalue weighted by atomic mass is 32.2. The second-order valence-corrected chi connectivity index (χ2v) is 6.64. The predicted molar refractivity (Wildman–Crippen MR) is 83.6 cm³/mol. The van der Waals surface area contributed by atoms with Gasteiger partial charge in [0, 0.05) is 32.3 Å². The van der Waals surface area contributed by atoms with Crippen LogP contribution in [0.25, 0.3) is 0 Å². The second-order valence-electron chi connectivity index (χ2n) is 5.16. The Morgan fingerprint density at radius 2 is 2.33 bits per heavy atom. The molecule has 2 atom stereocenters. The van der Waals surface area contributed by atoms with E-state index in [4.69, 9.17) is 4.74 Å². The first-order valence-corrected chi connectivity index (χ1v) is 7.88. The monoisotopic (exact) mass is 311 g/mol. The summed E-state index contributed by atoms with van der Waals surface area (Å²) in [5.74, 6) is 0.914. The zero-order chi connectivity index (χ0) is 15.4. The molecule has 2 aliphatic heterocycles. The molecule has 1 fully saturated rings. The van der Waals surface area contributed by atoms with Gasteiger partial charge in [0.25, 0.3) is 0 Å². The molecule has 0 bridgehead atoms. The third kappa shape index (κ3) is 3.78. The first-order chi connectivity index (χ1) is 10.0. The lowest BCUT2D eigenvalue weighted by atomic mass is 10.2. The molecule has 0 saturated carbocycles. The number of hydrogen-bond acceptors (Lipinski definition) is 6. The fourth-order valence-electron chi connectivity index (χ4n) is 2.69. The third-order valence-electron chi connectivity index (χ3n) is 3.55. The summed E-state index contributed by atoms with van der Waals surface area (Å²) in [6.45, 7) is 7.42. The van der Waals surface area contributed by atoms with Gasteiger partial charge in [-0.3, -0.25) is 14.7 Å². The number of rotatable bonds is 4. The number of likely N-dealkylation sites (tertiary alicyclic amines) is 1. The van der Waals surface area contributed by atoms with E-state index in [1.807, 2.05) is 7.05 Å². The van der Waals surface area contributed by atoms with E-state index >= 15 is 0 Å². The SMILES string of the molecule is C=CCOC(=O)N1CC(SC(C)=O)CC1C1=NCCN1C. The molecule has 2 rings (SSSR count). The number of nitrogens with zero attached hydrogens (tertiary/aromatic N) is 3. The van der Waals surface area contributed by atoms with Crippen LogP contribution in [0, 0.1) is 0 Å². The van der Waals surface area contributed by atoms with Gasteiger partial charge in [0.1, 0.15) is 12.4 Å². The van der Waals surface area contributed by atoms with Crippen LogP contribution in [0.1, 0.15) is 13.3 Å². The van der Waals surface area contributed by atoms with Crippen LogP contribution in [-0.2, 0) is 9.53 Å². The minimum absolute atomic E-state index is 0.0711. The van der Waals surface area contributed by atoms with Gasteiger partial charge in [0.05, 0.1) is 12.6 Å². The zero-order valence-electron chi connectivity index (χ0n) is 12.4. The molecule has 0 aromatic carbocycles. The van der Waals surface area contributed by atoms with Crippen LogP contribution >= 0.6 is 11.8 Å². The summed E-state index contributed by atoms with van der Waals surface area (Å²) in [6, 6.07) is -0.105. The second kappa shape index (κ2) is 6.98. The topological polar surface area (TPSA) is 62.2 Å². The molecule has 0 N–H and O–H groups in total. The summed E-state index contributed by atoms with van der Waals surface area (Å²) in [5, 5.41) is 0.169. The minimum Gasteiger partial charge on any atom is -0.445 e. The van der Waals surface area contributed by atoms with Crippen molar-refractivity contribution in [3.05, 3.63) is 12.7 Å². The Kier molecular flexibility index (Phi) is 5.27. The average molecular weight is 311 g/mol. The predicted octanol–water partition coefficient (Wildman–Crippen LogP) is 1.38. The lowest BCUT2D eigenvalue weighted by Crippen LogP contribution is -2.45. The van der Waals surface area contributed by atoms with E-state index in [0.717, 1.165) is 25.3 Å². The quantitative estimate of drug-likeness (QED) is 0.734. The molecule has 6 nitrogen and oxygen atoms in total. The molecule has 1 amide bonds. The fourth-order valence-corrected chi connectivity index (χ4v) is 3.67. The van der Waals surface area contributed by atoms with Gasteiger partial charge in [0.2, 0.25) is 0 Å². The van der Waals surface area contributed by atoms with Gasteiger partial charge in [-0.25, -0.2) is 4.79 Å². The van der Waals surface area contributed by atoms with Crippen LogP contribution in [-0.4, -0.2) is 71.4 Å². The normalized spacial score (nSPS) is 25.0. The van der Waals surface area contributed by atoms with Gasteiger partial charge in [-0.15, -0.1) is 0 Å². The van der Waals surface area contributed by atoms with Crippen molar-refractivity contribution < 1.29 is 14.3 Å². The summed E-state index contributed by atoms with van der Waals surface area (Å²) in [7, 11) is 1.98. The van der Waals surface area contributed by atoms with E-state index in [1.54, 1.807) is 17.9 Å². The summed E-state index contributed by atoms with van der Waals surface area (Å²) in [4.78, 5) is 31.8. The Balaban J connectivity index is 2.11. The van der Waals surface area contributed by atoms with Gasteiger partial charge >= 0.3 is 6.09 Å². The van der Waals surface area contributed by atoms with Gasteiger partial charge in [0.15, 0.2) is 5.12 Å². The van der Waals surface area contributed by atoms with Gasteiger partial charge in [-0.1, -0.05) is 24.4 Å². The molecule has 7 heteroatoms. The van der Waals surface area contributed by atoms with E-state index in [9.17, 15) is 9.59 Å². The molecule has 0 radical (unpaired) electrons. The number of hydrogen-bond donors (Lipinski definition) is 0. The molecule has 2 aliphatic rings. The van der Waals surface area contributed by atoms with Crippen molar-refractivity contribution in [1.82, 2.24) is 9.80 Å². The highest BCUT2D eigenvalue weighted by Crippen LogP contribution is 2.30. The molecular formula is C14H21N3O3S. The molecule has 116 valence electrons. The van der Waals surface area contributed by atoms with Crippen LogP contribution in [0.5, 0.6) is 0 Å². The van der Waals surface area contributed by atoms with Gasteiger partial charge in [-0.05, 0) is 6.42 Å². The maximum absolute atomic E-state index is 12.2. The van der Waals surface area contributed by atoms with E-state index in [1.165, 1.54) is 11.8 Å². The number of carbonyl (C=O) groups excluding carboxylic acids is 2. The molecule has 1 saturated heterocycles. The van der Waals surface area contributed by atoms with E-state index in [-0.39, 0.29) is 29.1 Å². The number of likely N-dealkylation sites (N-methyl/N-ethyl adjacent to an activating group) is 1. The summed E-state index contributed by atoms with van der Waals surface area (Å²) >= 11 is 1.29. The third-order valence-corrected chi connectivity index (χ3v) is 4.56. The van der Waals surface area contributed by atoms with Crippen molar-refractivity contribution in [2.75, 3.05) is 33.3 Å². The number of carbonyl (C=O) groups is 2. The standard InChI is InChI=1S/C14H21N3O3S/c1-4-7-20-14(19)17-9-11(21-10(2)18)8-12(17)13-15-5-6-16(13)3/h4,11-12H,1,5-9H2,2-3H3. The fraction of sp³-hybridized carbons (Fsp3) is 0.643. The largest absolute Gasteiger partial charge is 0.445 e. The van der Waals surface area contributed by atoms with Crippen molar-refractivity contribution in [3.8, 4) is 0 Å². The number of aliphatic imine (C=N–C) groups is 1. The van der Waals surface area contributed by atoms with Crippen molar-refractivity contribution >= 4 is 28.8 Å². The summed E-state index contributed by atoms with van der Waals surface area (Å²) < 4.78 is 5.15. The van der Waals surface area contributed by atoms with Crippen LogP contribution in [0.2, 0.25) is 0 Å². The van der Waals surface area contributed by atoms with Gasteiger partial charge < -0.3 is 9.64 Å². The lowest BCUT2D eigenvalue weighted by Gasteiger charge is -2.27. The van der Waals surface area contributed by atoms with Crippen molar-refractivity contribution in [2.24, 2.45) is 4.99 Å². The highest BCUT2D eigenvalue weighted by Gasteiger charge is 2.41. The van der Waals surface area contributed by atoms with Crippen molar-refractivity contribution in [3.63, 3.8) is 0 Å². The van der Waals surface area contributed by atoms with Crippen LogP contribution in [0.15, 0.2) is 17.6 Å². The summed E-state index contributed by atoms with van der Waals surface area (Å²) in [6.07, 6.45) is 1.91. The Morgan fingerprint density at radius 3 is 2.90 bits per heavy atom. The minimum atomic E-state index is -0.366. The Labute approximate surface area is 129 Å². The number of amides is 1. The van der Waals surface area contributed by atoms with Gasteiger partial charge in [-0.2, -0.15) is 0 Å². The van der Waals surface area contributed by atoms with Crippen LogP contribution < -0.4 is 0 Å². The number of thioether (sulfide) groups is 1.